The Morgan fingerprint density at radius 1 is 0.778 bits per heavy atom. The van der Waals surface area contributed by atoms with Gasteiger partial charge in [-0.05, 0) is 32.5 Å². The molecule has 0 aromatic carbocycles. The van der Waals surface area contributed by atoms with E-state index in [0.29, 0.717) is 0 Å². The van der Waals surface area contributed by atoms with Crippen molar-refractivity contribution >= 4 is 0 Å². The van der Waals surface area contributed by atoms with Gasteiger partial charge in [0.2, 0.25) is 0 Å². The second-order valence-electron chi connectivity index (χ2n) is 4.81. The van der Waals surface area contributed by atoms with Crippen LogP contribution in [0.5, 0.6) is 0 Å². The van der Waals surface area contributed by atoms with Crippen LogP contribution in [0.2, 0.25) is 0 Å². The molecule has 4 nitrogen and oxygen atoms in total. The molecule has 3 N–H and O–H groups in total. The fourth-order valence-corrected chi connectivity index (χ4v) is 2.18. The number of hydrogen-bond acceptors (Lipinski definition) is 4. The Bertz CT molecular complexity index is 158. The second kappa shape index (κ2) is 13.3. The van der Waals surface area contributed by atoms with Crippen molar-refractivity contribution in [1.82, 2.24) is 15.1 Å². The first-order chi connectivity index (χ1) is 8.78. The van der Waals surface area contributed by atoms with Gasteiger partial charge in [-0.1, -0.05) is 20.8 Å². The number of likely N-dealkylation sites (N-methyl/N-ethyl adjacent to an activating group) is 1. The number of rotatable bonds is 13. The van der Waals surface area contributed by atoms with Crippen LogP contribution in [0.1, 0.15) is 33.6 Å². The second-order valence-corrected chi connectivity index (χ2v) is 4.81. The van der Waals surface area contributed by atoms with E-state index in [1.54, 1.807) is 0 Å². The average molecular weight is 258 g/mol. The van der Waals surface area contributed by atoms with Crippen molar-refractivity contribution in [2.75, 3.05) is 58.9 Å². The molecule has 0 rings (SSSR count). The fraction of sp³-hybridized carbons (Fsp3) is 1.00. The summed E-state index contributed by atoms with van der Waals surface area (Å²) in [5.74, 6) is 0. The molecule has 0 aromatic rings. The fourth-order valence-electron chi connectivity index (χ4n) is 2.18. The summed E-state index contributed by atoms with van der Waals surface area (Å²) in [4.78, 5) is 4.94. The van der Waals surface area contributed by atoms with E-state index in [1.807, 2.05) is 0 Å². The van der Waals surface area contributed by atoms with Crippen molar-refractivity contribution in [3.63, 3.8) is 0 Å². The predicted molar refractivity (Wildman–Crippen MR) is 81.1 cm³/mol. The minimum atomic E-state index is 0.759. The molecule has 0 aliphatic rings. The zero-order chi connectivity index (χ0) is 13.6. The van der Waals surface area contributed by atoms with E-state index in [2.05, 4.69) is 35.9 Å². The first-order valence-corrected chi connectivity index (χ1v) is 7.63. The Balaban J connectivity index is 3.51. The topological polar surface area (TPSA) is 44.5 Å². The van der Waals surface area contributed by atoms with E-state index >= 15 is 0 Å². The molecular weight excluding hydrogens is 224 g/mol. The van der Waals surface area contributed by atoms with E-state index in [9.17, 15) is 0 Å². The summed E-state index contributed by atoms with van der Waals surface area (Å²) in [5.41, 5.74) is 5.57. The Labute approximate surface area is 114 Å². The van der Waals surface area contributed by atoms with Gasteiger partial charge in [0.1, 0.15) is 0 Å². The van der Waals surface area contributed by atoms with Crippen LogP contribution >= 0.6 is 0 Å². The Hall–Kier alpha value is -0.160. The molecule has 0 atom stereocenters. The van der Waals surface area contributed by atoms with Crippen LogP contribution in [-0.2, 0) is 0 Å². The summed E-state index contributed by atoms with van der Waals surface area (Å²) < 4.78 is 0. The lowest BCUT2D eigenvalue weighted by Gasteiger charge is -2.22. The zero-order valence-electron chi connectivity index (χ0n) is 12.7. The lowest BCUT2D eigenvalue weighted by atomic mass is 10.3. The molecule has 0 aliphatic heterocycles. The third kappa shape index (κ3) is 9.83. The highest BCUT2D eigenvalue weighted by atomic mass is 15.2. The van der Waals surface area contributed by atoms with Crippen LogP contribution in [0.25, 0.3) is 0 Å². The highest BCUT2D eigenvalue weighted by Gasteiger charge is 2.02. The van der Waals surface area contributed by atoms with Crippen molar-refractivity contribution in [2.45, 2.75) is 33.6 Å². The van der Waals surface area contributed by atoms with Gasteiger partial charge in [0, 0.05) is 39.3 Å². The molecule has 110 valence electrons. The molecular formula is C14H34N4. The molecule has 0 bridgehead atoms. The van der Waals surface area contributed by atoms with E-state index < -0.39 is 0 Å². The van der Waals surface area contributed by atoms with Gasteiger partial charge in [-0.15, -0.1) is 0 Å². The van der Waals surface area contributed by atoms with Gasteiger partial charge in [-0.3, -0.25) is 0 Å². The number of nitrogens with one attached hydrogen (secondary N) is 1. The third-order valence-electron chi connectivity index (χ3n) is 3.18. The quantitative estimate of drug-likeness (QED) is 0.483. The van der Waals surface area contributed by atoms with Crippen LogP contribution in [-0.4, -0.2) is 68.7 Å². The summed E-state index contributed by atoms with van der Waals surface area (Å²) in [5, 5.41) is 3.53. The molecule has 0 heterocycles. The van der Waals surface area contributed by atoms with Crippen molar-refractivity contribution in [3.05, 3.63) is 0 Å². The maximum atomic E-state index is 5.57. The van der Waals surface area contributed by atoms with Gasteiger partial charge in [-0.25, -0.2) is 0 Å². The molecule has 18 heavy (non-hydrogen) atoms. The van der Waals surface area contributed by atoms with E-state index in [4.69, 9.17) is 5.73 Å². The molecule has 0 unspecified atom stereocenters. The Morgan fingerprint density at radius 3 is 1.78 bits per heavy atom. The summed E-state index contributed by atoms with van der Waals surface area (Å²) in [6.07, 6.45) is 2.50. The van der Waals surface area contributed by atoms with Gasteiger partial charge in [0.15, 0.2) is 0 Å². The van der Waals surface area contributed by atoms with Gasteiger partial charge >= 0.3 is 0 Å². The summed E-state index contributed by atoms with van der Waals surface area (Å²) >= 11 is 0. The molecule has 0 saturated heterocycles. The van der Waals surface area contributed by atoms with E-state index in [0.717, 1.165) is 39.3 Å². The smallest absolute Gasteiger partial charge is 0.0107 e. The highest BCUT2D eigenvalue weighted by molar-refractivity contribution is 4.61. The highest BCUT2D eigenvalue weighted by Crippen LogP contribution is 1.92. The maximum Gasteiger partial charge on any atom is 0.0107 e. The molecule has 0 saturated carbocycles. The average Bonchev–Trinajstić information content (AvgIpc) is 2.37. The van der Waals surface area contributed by atoms with Crippen LogP contribution in [0.15, 0.2) is 0 Å². The summed E-state index contributed by atoms with van der Waals surface area (Å²) in [6, 6.07) is 0. The summed E-state index contributed by atoms with van der Waals surface area (Å²) in [6.45, 7) is 16.5. The van der Waals surface area contributed by atoms with Crippen LogP contribution in [0, 0.1) is 0 Å². The van der Waals surface area contributed by atoms with Crippen LogP contribution < -0.4 is 11.1 Å². The van der Waals surface area contributed by atoms with Gasteiger partial charge in [-0.2, -0.15) is 0 Å². The molecule has 0 aromatic heterocycles. The first kappa shape index (κ1) is 17.8. The molecule has 0 fully saturated rings. The third-order valence-corrected chi connectivity index (χ3v) is 3.18. The normalized spacial score (nSPS) is 11.7. The van der Waals surface area contributed by atoms with Crippen molar-refractivity contribution in [1.29, 1.82) is 0 Å². The largest absolute Gasteiger partial charge is 0.329 e. The minimum Gasteiger partial charge on any atom is -0.329 e. The lowest BCUT2D eigenvalue weighted by Crippen LogP contribution is -2.38. The predicted octanol–water partition coefficient (Wildman–Crippen LogP) is 0.979. The maximum absolute atomic E-state index is 5.57. The SMILES string of the molecule is CCCN(CCC)CCNCCN(CC)CCN. The number of nitrogens with two attached hydrogens (primary N) is 1. The molecule has 0 radical (unpaired) electrons. The molecule has 0 amide bonds. The van der Waals surface area contributed by atoms with Crippen molar-refractivity contribution in [2.24, 2.45) is 5.73 Å². The van der Waals surface area contributed by atoms with E-state index in [1.165, 1.54) is 32.5 Å². The van der Waals surface area contributed by atoms with Gasteiger partial charge in [0.05, 0.1) is 0 Å². The standard InChI is InChI=1S/C14H34N4/c1-4-10-18(11-5-2)14-9-16-8-13-17(6-3)12-7-15/h16H,4-15H2,1-3H3. The van der Waals surface area contributed by atoms with Crippen LogP contribution in [0.4, 0.5) is 0 Å². The molecule has 0 aliphatic carbocycles. The van der Waals surface area contributed by atoms with E-state index in [-0.39, 0.29) is 0 Å². The lowest BCUT2D eigenvalue weighted by molar-refractivity contribution is 0.264. The van der Waals surface area contributed by atoms with Gasteiger partial charge in [0.25, 0.3) is 0 Å². The zero-order valence-corrected chi connectivity index (χ0v) is 12.7. The first-order valence-electron chi connectivity index (χ1n) is 7.63. The number of nitrogens with zero attached hydrogens (tertiary/aromatic N) is 2. The Kier molecular flexibility index (Phi) is 13.2. The van der Waals surface area contributed by atoms with Crippen molar-refractivity contribution in [3.8, 4) is 0 Å². The minimum absolute atomic E-state index is 0.759. The molecule has 4 heteroatoms. The number of hydrogen-bond donors (Lipinski definition) is 2. The van der Waals surface area contributed by atoms with Crippen LogP contribution in [0.3, 0.4) is 0 Å². The van der Waals surface area contributed by atoms with Gasteiger partial charge < -0.3 is 20.9 Å². The van der Waals surface area contributed by atoms with Crippen molar-refractivity contribution < 1.29 is 0 Å². The summed E-state index contributed by atoms with van der Waals surface area (Å²) in [7, 11) is 0. The monoisotopic (exact) mass is 258 g/mol. The molecule has 0 spiro atoms. The Morgan fingerprint density at radius 2 is 1.33 bits per heavy atom.